The van der Waals surface area contributed by atoms with Crippen LogP contribution in [0.2, 0.25) is 0 Å². The van der Waals surface area contributed by atoms with E-state index in [9.17, 15) is 10.1 Å². The second kappa shape index (κ2) is 7.02. The Kier molecular flexibility index (Phi) is 5.03. The van der Waals surface area contributed by atoms with Crippen LogP contribution in [0, 0.1) is 17.2 Å². The van der Waals surface area contributed by atoms with E-state index in [2.05, 4.69) is 30.1 Å². The van der Waals surface area contributed by atoms with Crippen LogP contribution in [0.3, 0.4) is 0 Å². The van der Waals surface area contributed by atoms with E-state index < -0.39 is 0 Å². The largest absolute Gasteiger partial charge is 0.315 e. The second-order valence-corrected chi connectivity index (χ2v) is 8.14. The van der Waals surface area contributed by atoms with E-state index in [1.165, 1.54) is 29.7 Å². The maximum absolute atomic E-state index is 12.4. The van der Waals surface area contributed by atoms with Crippen molar-refractivity contribution in [3.8, 4) is 6.07 Å². The fourth-order valence-corrected chi connectivity index (χ4v) is 5.08. The highest BCUT2D eigenvalue weighted by molar-refractivity contribution is 7.16. The number of likely N-dealkylation sites (tertiary alicyclic amines) is 1. The normalized spacial score (nSPS) is 24.7. The number of nitriles is 1. The van der Waals surface area contributed by atoms with Gasteiger partial charge in [-0.1, -0.05) is 13.3 Å². The Morgan fingerprint density at radius 2 is 2.22 bits per heavy atom. The first kappa shape index (κ1) is 16.5. The Labute approximate surface area is 142 Å². The van der Waals surface area contributed by atoms with Gasteiger partial charge in [-0.15, -0.1) is 11.3 Å². The fourth-order valence-electron chi connectivity index (χ4n) is 3.70. The van der Waals surface area contributed by atoms with Gasteiger partial charge in [-0.05, 0) is 57.1 Å². The van der Waals surface area contributed by atoms with Crippen LogP contribution in [0.5, 0.6) is 0 Å². The molecule has 5 heteroatoms. The van der Waals surface area contributed by atoms with Gasteiger partial charge in [0.05, 0.1) is 12.1 Å². The van der Waals surface area contributed by atoms with Gasteiger partial charge in [0.25, 0.3) is 0 Å². The summed E-state index contributed by atoms with van der Waals surface area (Å²) in [5.41, 5.74) is 1.88. The lowest BCUT2D eigenvalue weighted by molar-refractivity contribution is -0.118. The number of amides is 1. The van der Waals surface area contributed by atoms with Crippen molar-refractivity contribution >= 4 is 22.2 Å². The van der Waals surface area contributed by atoms with Crippen molar-refractivity contribution in [1.82, 2.24) is 4.90 Å². The molecule has 2 aliphatic rings. The zero-order valence-corrected chi connectivity index (χ0v) is 14.8. The number of carbonyl (C=O) groups is 1. The highest BCUT2D eigenvalue weighted by Crippen LogP contribution is 2.39. The first-order chi connectivity index (χ1) is 11.1. The summed E-state index contributed by atoms with van der Waals surface area (Å²) >= 11 is 1.61. The quantitative estimate of drug-likeness (QED) is 0.921. The van der Waals surface area contributed by atoms with Gasteiger partial charge in [0.1, 0.15) is 11.1 Å². The van der Waals surface area contributed by atoms with Crippen molar-refractivity contribution in [1.29, 1.82) is 5.26 Å². The average molecular weight is 331 g/mol. The highest BCUT2D eigenvalue weighted by Gasteiger charge is 2.26. The van der Waals surface area contributed by atoms with Crippen molar-refractivity contribution in [2.75, 3.05) is 18.4 Å². The number of nitrogens with one attached hydrogen (secondary N) is 1. The second-order valence-electron chi connectivity index (χ2n) is 7.03. The molecule has 1 saturated heterocycles. The first-order valence-corrected chi connectivity index (χ1v) is 9.48. The van der Waals surface area contributed by atoms with E-state index in [1.54, 1.807) is 11.3 Å². The summed E-state index contributed by atoms with van der Waals surface area (Å²) in [6.07, 6.45) is 6.74. The Morgan fingerprint density at radius 1 is 1.39 bits per heavy atom. The van der Waals surface area contributed by atoms with Crippen LogP contribution in [-0.4, -0.2) is 29.9 Å². The summed E-state index contributed by atoms with van der Waals surface area (Å²) < 4.78 is 0. The number of hydrogen-bond acceptors (Lipinski definition) is 4. The van der Waals surface area contributed by atoms with E-state index in [0.717, 1.165) is 30.8 Å². The number of thiophene rings is 1. The molecule has 0 saturated carbocycles. The summed E-state index contributed by atoms with van der Waals surface area (Å²) in [5, 5.41) is 13.3. The standard InChI is InChI=1S/C18H25N3OS/c1-12-6-7-14-15(10-19)18(23-16(14)9-12)20-17(22)11-21-8-4-3-5-13(21)2/h12-13H,3-9,11H2,1-2H3,(H,20,22)/t12-,13-/m0/s1. The van der Waals surface area contributed by atoms with Gasteiger partial charge < -0.3 is 5.32 Å². The molecular weight excluding hydrogens is 306 g/mol. The summed E-state index contributed by atoms with van der Waals surface area (Å²) in [5.74, 6) is 0.687. The number of nitrogens with zero attached hydrogens (tertiary/aromatic N) is 2. The molecule has 124 valence electrons. The number of fused-ring (bicyclic) bond motifs is 1. The lowest BCUT2D eigenvalue weighted by Gasteiger charge is -2.32. The molecule has 3 rings (SSSR count). The minimum atomic E-state index is 0.0156. The summed E-state index contributed by atoms with van der Waals surface area (Å²) in [6, 6.07) is 2.79. The van der Waals surface area contributed by atoms with Crippen LogP contribution in [0.25, 0.3) is 0 Å². The fraction of sp³-hybridized carbons (Fsp3) is 0.667. The first-order valence-electron chi connectivity index (χ1n) is 8.67. The van der Waals surface area contributed by atoms with Crippen molar-refractivity contribution in [2.24, 2.45) is 5.92 Å². The van der Waals surface area contributed by atoms with Gasteiger partial charge in [-0.3, -0.25) is 9.69 Å². The molecule has 0 radical (unpaired) electrons. The maximum atomic E-state index is 12.4. The number of piperidine rings is 1. The van der Waals surface area contributed by atoms with Gasteiger partial charge in [-0.25, -0.2) is 0 Å². The molecule has 2 atom stereocenters. The van der Waals surface area contributed by atoms with Gasteiger partial charge in [-0.2, -0.15) is 5.26 Å². The monoisotopic (exact) mass is 331 g/mol. The Morgan fingerprint density at radius 3 is 2.96 bits per heavy atom. The van der Waals surface area contributed by atoms with E-state index in [0.29, 0.717) is 24.1 Å². The zero-order valence-electron chi connectivity index (χ0n) is 14.0. The van der Waals surface area contributed by atoms with Crippen LogP contribution in [0.1, 0.15) is 55.5 Å². The van der Waals surface area contributed by atoms with Gasteiger partial charge in [0.15, 0.2) is 0 Å². The predicted molar refractivity (Wildman–Crippen MR) is 93.7 cm³/mol. The topological polar surface area (TPSA) is 56.1 Å². The van der Waals surface area contributed by atoms with E-state index in [1.807, 2.05) is 0 Å². The molecule has 1 aromatic heterocycles. The third kappa shape index (κ3) is 3.59. The van der Waals surface area contributed by atoms with Crippen molar-refractivity contribution in [3.63, 3.8) is 0 Å². The van der Waals surface area contributed by atoms with Crippen LogP contribution < -0.4 is 5.32 Å². The third-order valence-corrected chi connectivity index (χ3v) is 6.33. The summed E-state index contributed by atoms with van der Waals surface area (Å²) in [4.78, 5) is 16.0. The van der Waals surface area contributed by atoms with Crippen molar-refractivity contribution < 1.29 is 4.79 Å². The van der Waals surface area contributed by atoms with Crippen LogP contribution in [-0.2, 0) is 17.6 Å². The molecule has 1 N–H and O–H groups in total. The van der Waals surface area contributed by atoms with Crippen molar-refractivity contribution in [3.05, 3.63) is 16.0 Å². The van der Waals surface area contributed by atoms with Crippen LogP contribution >= 0.6 is 11.3 Å². The maximum Gasteiger partial charge on any atom is 0.239 e. The van der Waals surface area contributed by atoms with E-state index in [4.69, 9.17) is 0 Å². The molecule has 0 unspecified atom stereocenters. The molecule has 1 aromatic rings. The summed E-state index contributed by atoms with van der Waals surface area (Å²) in [6.45, 7) is 5.88. The molecule has 0 spiro atoms. The zero-order chi connectivity index (χ0) is 16.4. The minimum Gasteiger partial charge on any atom is -0.315 e. The SMILES string of the molecule is C[C@H]1CCc2c(sc(NC(=O)CN3CCCC[C@@H]3C)c2C#N)C1. The lowest BCUT2D eigenvalue weighted by Crippen LogP contribution is -2.42. The highest BCUT2D eigenvalue weighted by atomic mass is 32.1. The predicted octanol–water partition coefficient (Wildman–Crippen LogP) is 3.56. The van der Waals surface area contributed by atoms with Crippen LogP contribution in [0.4, 0.5) is 5.00 Å². The molecule has 4 nitrogen and oxygen atoms in total. The number of carbonyl (C=O) groups excluding carboxylic acids is 1. The number of hydrogen-bond donors (Lipinski definition) is 1. The molecule has 1 amide bonds. The van der Waals surface area contributed by atoms with Gasteiger partial charge >= 0.3 is 0 Å². The third-order valence-electron chi connectivity index (χ3n) is 5.16. The van der Waals surface area contributed by atoms with E-state index >= 15 is 0 Å². The van der Waals surface area contributed by atoms with Crippen molar-refractivity contribution in [2.45, 2.75) is 58.4 Å². The molecule has 0 aromatic carbocycles. The molecular formula is C18H25N3OS. The Hall–Kier alpha value is -1.38. The van der Waals surface area contributed by atoms with Gasteiger partial charge in [0, 0.05) is 10.9 Å². The molecule has 1 aliphatic carbocycles. The van der Waals surface area contributed by atoms with Gasteiger partial charge in [0.2, 0.25) is 5.91 Å². The Bertz CT molecular complexity index is 631. The molecule has 23 heavy (non-hydrogen) atoms. The minimum absolute atomic E-state index is 0.0156. The smallest absolute Gasteiger partial charge is 0.239 e. The number of rotatable bonds is 3. The average Bonchev–Trinajstić information content (AvgIpc) is 2.85. The van der Waals surface area contributed by atoms with E-state index in [-0.39, 0.29) is 5.91 Å². The number of anilines is 1. The molecule has 1 aliphatic heterocycles. The summed E-state index contributed by atoms with van der Waals surface area (Å²) in [7, 11) is 0. The molecule has 2 heterocycles. The van der Waals surface area contributed by atoms with Crippen LogP contribution in [0.15, 0.2) is 0 Å². The lowest BCUT2D eigenvalue weighted by atomic mass is 9.89. The Balaban J connectivity index is 1.70. The molecule has 1 fully saturated rings. The molecule has 0 bridgehead atoms.